The molecule has 2 aromatic carbocycles. The number of pyridine rings is 1. The van der Waals surface area contributed by atoms with Gasteiger partial charge in [-0.15, -0.1) is 0 Å². The van der Waals surface area contributed by atoms with Crippen LogP contribution in [0.1, 0.15) is 24.0 Å². The van der Waals surface area contributed by atoms with Crippen molar-refractivity contribution >= 4 is 22.3 Å². The van der Waals surface area contributed by atoms with Crippen LogP contribution >= 0.6 is 0 Å². The van der Waals surface area contributed by atoms with Gasteiger partial charge in [0.05, 0.1) is 12.7 Å². The van der Waals surface area contributed by atoms with Gasteiger partial charge in [-0.05, 0) is 67.1 Å². The van der Waals surface area contributed by atoms with Crippen molar-refractivity contribution in [2.45, 2.75) is 38.1 Å². The third kappa shape index (κ3) is 3.73. The molecule has 1 unspecified atom stereocenters. The van der Waals surface area contributed by atoms with E-state index in [1.807, 2.05) is 36.4 Å². The number of halogens is 1. The molecule has 2 bridgehead atoms. The van der Waals surface area contributed by atoms with Gasteiger partial charge in [0.1, 0.15) is 11.6 Å². The maximum Gasteiger partial charge on any atom is 0.131 e. The van der Waals surface area contributed by atoms with E-state index in [9.17, 15) is 4.39 Å². The van der Waals surface area contributed by atoms with Gasteiger partial charge in [0, 0.05) is 42.0 Å². The number of ether oxygens (including phenoxy) is 1. The average molecular weight is 407 g/mol. The Labute approximate surface area is 176 Å². The zero-order chi connectivity index (χ0) is 20.7. The molecule has 3 N–H and O–H groups in total. The normalized spacial score (nSPS) is 23.3. The minimum Gasteiger partial charge on any atom is -0.383 e. The molecule has 1 aliphatic heterocycles. The fourth-order valence-corrected chi connectivity index (χ4v) is 4.87. The van der Waals surface area contributed by atoms with Crippen molar-refractivity contribution in [3.63, 3.8) is 0 Å². The van der Waals surface area contributed by atoms with E-state index < -0.39 is 0 Å². The van der Waals surface area contributed by atoms with Crippen LogP contribution in [0.2, 0.25) is 0 Å². The smallest absolute Gasteiger partial charge is 0.131 e. The fourth-order valence-electron chi connectivity index (χ4n) is 4.87. The van der Waals surface area contributed by atoms with Crippen molar-refractivity contribution in [2.24, 2.45) is 5.92 Å². The number of fused-ring (bicyclic) bond motifs is 3. The van der Waals surface area contributed by atoms with Crippen LogP contribution in [0.15, 0.2) is 48.7 Å². The average Bonchev–Trinajstić information content (AvgIpc) is 3.31. The summed E-state index contributed by atoms with van der Waals surface area (Å²) in [6.07, 6.45) is 4.33. The van der Waals surface area contributed by atoms with Gasteiger partial charge in [0.2, 0.25) is 0 Å². The zero-order valence-corrected chi connectivity index (χ0v) is 17.1. The Morgan fingerprint density at radius 2 is 2.10 bits per heavy atom. The molecule has 2 heterocycles. The van der Waals surface area contributed by atoms with Crippen LogP contribution in [0.5, 0.6) is 0 Å². The summed E-state index contributed by atoms with van der Waals surface area (Å²) in [5, 5.41) is 5.22. The van der Waals surface area contributed by atoms with E-state index in [0.717, 1.165) is 35.0 Å². The molecule has 2 aliphatic rings. The molecule has 156 valence electrons. The first-order chi connectivity index (χ1) is 14.6. The van der Waals surface area contributed by atoms with Gasteiger partial charge in [-0.3, -0.25) is 0 Å². The Morgan fingerprint density at radius 3 is 2.87 bits per heavy atom. The summed E-state index contributed by atoms with van der Waals surface area (Å²) in [7, 11) is 2.19. The third-order valence-corrected chi connectivity index (χ3v) is 6.61. The van der Waals surface area contributed by atoms with Crippen LogP contribution in [0, 0.1) is 11.7 Å². The number of nitrogen functional groups attached to an aromatic ring is 1. The lowest BCUT2D eigenvalue weighted by Gasteiger charge is -2.28. The van der Waals surface area contributed by atoms with Gasteiger partial charge in [-0.2, -0.15) is 0 Å². The lowest BCUT2D eigenvalue weighted by Crippen LogP contribution is -2.35. The molecule has 0 amide bonds. The summed E-state index contributed by atoms with van der Waals surface area (Å²) in [5.41, 5.74) is 8.34. The molecule has 5 nitrogen and oxygen atoms in total. The molecule has 1 saturated carbocycles. The number of anilines is 2. The Bertz CT molecular complexity index is 1070. The van der Waals surface area contributed by atoms with Crippen LogP contribution in [0.25, 0.3) is 10.8 Å². The minimum atomic E-state index is -0.203. The number of benzene rings is 2. The number of nitrogens with zero attached hydrogens (tertiary/aromatic N) is 2. The standard InChI is InChI=1S/C24H27FN4O/c1-29-13-18-10-20(29)11-23(18)30-14-15-2-3-17(22(25)8-15)12-28-19-4-5-21-16(9-19)6-7-27-24(21)26/h2-9,18,20,23,28H,10-14H2,1H3,(H2,26,27)/t18-,20?,23+/m1/s1. The minimum absolute atomic E-state index is 0.203. The summed E-state index contributed by atoms with van der Waals surface area (Å²) in [6.45, 7) is 2.01. The van der Waals surface area contributed by atoms with Crippen molar-refractivity contribution in [3.8, 4) is 0 Å². The van der Waals surface area contributed by atoms with Crippen molar-refractivity contribution in [1.29, 1.82) is 0 Å². The highest BCUT2D eigenvalue weighted by molar-refractivity contribution is 5.92. The highest BCUT2D eigenvalue weighted by Gasteiger charge is 2.43. The first kappa shape index (κ1) is 19.3. The van der Waals surface area contributed by atoms with Crippen LogP contribution in [0.4, 0.5) is 15.9 Å². The lowest BCUT2D eigenvalue weighted by atomic mass is 10.1. The quantitative estimate of drug-likeness (QED) is 0.643. The monoisotopic (exact) mass is 406 g/mol. The molecule has 0 radical (unpaired) electrons. The van der Waals surface area contributed by atoms with E-state index in [1.165, 1.54) is 6.42 Å². The largest absolute Gasteiger partial charge is 0.383 e. The second-order valence-electron chi connectivity index (χ2n) is 8.59. The lowest BCUT2D eigenvalue weighted by molar-refractivity contribution is -0.00641. The molecule has 3 atom stereocenters. The first-order valence-corrected chi connectivity index (χ1v) is 10.5. The number of aromatic nitrogens is 1. The number of nitrogens with one attached hydrogen (secondary N) is 1. The van der Waals surface area contributed by atoms with Gasteiger partial charge in [-0.25, -0.2) is 9.37 Å². The summed E-state index contributed by atoms with van der Waals surface area (Å²) < 4.78 is 20.8. The van der Waals surface area contributed by atoms with Crippen LogP contribution < -0.4 is 11.1 Å². The molecule has 6 heteroatoms. The maximum atomic E-state index is 14.6. The molecule has 5 rings (SSSR count). The summed E-state index contributed by atoms with van der Waals surface area (Å²) in [5.74, 6) is 0.937. The zero-order valence-electron chi connectivity index (χ0n) is 17.1. The highest BCUT2D eigenvalue weighted by Crippen LogP contribution is 2.38. The molecule has 0 spiro atoms. The van der Waals surface area contributed by atoms with Gasteiger partial charge >= 0.3 is 0 Å². The summed E-state index contributed by atoms with van der Waals surface area (Å²) in [4.78, 5) is 6.52. The Hall–Kier alpha value is -2.70. The van der Waals surface area contributed by atoms with Gasteiger partial charge in [0.15, 0.2) is 0 Å². The third-order valence-electron chi connectivity index (χ3n) is 6.61. The molecule has 3 aromatic rings. The fraction of sp³-hybridized carbons (Fsp3) is 0.375. The predicted molar refractivity (Wildman–Crippen MR) is 118 cm³/mol. The molecule has 1 saturated heterocycles. The van der Waals surface area contributed by atoms with Crippen molar-refractivity contribution in [2.75, 3.05) is 24.6 Å². The number of rotatable bonds is 6. The van der Waals surface area contributed by atoms with Crippen LogP contribution in [0.3, 0.4) is 0 Å². The Morgan fingerprint density at radius 1 is 1.20 bits per heavy atom. The van der Waals surface area contributed by atoms with E-state index in [4.69, 9.17) is 10.5 Å². The van der Waals surface area contributed by atoms with E-state index in [2.05, 4.69) is 22.2 Å². The van der Waals surface area contributed by atoms with Crippen LogP contribution in [-0.4, -0.2) is 35.6 Å². The van der Waals surface area contributed by atoms with Crippen LogP contribution in [-0.2, 0) is 17.9 Å². The van der Waals surface area contributed by atoms with E-state index in [0.29, 0.717) is 42.6 Å². The number of nitrogens with two attached hydrogens (primary N) is 1. The van der Waals surface area contributed by atoms with Gasteiger partial charge in [-0.1, -0.05) is 12.1 Å². The van der Waals surface area contributed by atoms with Crippen molar-refractivity contribution in [1.82, 2.24) is 9.88 Å². The van der Waals surface area contributed by atoms with Gasteiger partial charge in [0.25, 0.3) is 0 Å². The molecular weight excluding hydrogens is 379 g/mol. The second kappa shape index (κ2) is 7.85. The van der Waals surface area contributed by atoms with Gasteiger partial charge < -0.3 is 20.7 Å². The van der Waals surface area contributed by atoms with Crippen molar-refractivity contribution < 1.29 is 9.13 Å². The van der Waals surface area contributed by atoms with E-state index >= 15 is 0 Å². The predicted octanol–water partition coefficient (Wildman–Crippen LogP) is 4.18. The molecule has 1 aliphatic carbocycles. The summed E-state index contributed by atoms with van der Waals surface area (Å²) in [6, 6.07) is 13.9. The van der Waals surface area contributed by atoms with E-state index in [1.54, 1.807) is 12.3 Å². The first-order valence-electron chi connectivity index (χ1n) is 10.5. The Kier molecular flexibility index (Phi) is 5.05. The number of likely N-dealkylation sites (tertiary alicyclic amines) is 1. The SMILES string of the molecule is CN1C[C@H]2CC1C[C@@H]2OCc1ccc(CNc2ccc3c(N)nccc3c2)c(F)c1. The Balaban J connectivity index is 1.19. The number of piperidine rings is 1. The topological polar surface area (TPSA) is 63.4 Å². The highest BCUT2D eigenvalue weighted by atomic mass is 19.1. The summed E-state index contributed by atoms with van der Waals surface area (Å²) >= 11 is 0. The number of hydrogen-bond acceptors (Lipinski definition) is 5. The number of hydrogen-bond donors (Lipinski definition) is 2. The van der Waals surface area contributed by atoms with Crippen molar-refractivity contribution in [3.05, 3.63) is 65.6 Å². The van der Waals surface area contributed by atoms with E-state index in [-0.39, 0.29) is 5.82 Å². The molecular formula is C24H27FN4O. The second-order valence-corrected chi connectivity index (χ2v) is 8.59. The maximum absolute atomic E-state index is 14.6. The molecule has 1 aromatic heterocycles. The molecule has 30 heavy (non-hydrogen) atoms. The molecule has 2 fully saturated rings.